The molecular formula is C12H14N4O2S. The van der Waals surface area contributed by atoms with E-state index >= 15 is 0 Å². The zero-order valence-corrected chi connectivity index (χ0v) is 11.4. The predicted molar refractivity (Wildman–Crippen MR) is 75.0 cm³/mol. The summed E-state index contributed by atoms with van der Waals surface area (Å²) in [6.07, 6.45) is 0. The van der Waals surface area contributed by atoms with E-state index in [0.29, 0.717) is 10.7 Å². The Bertz CT molecular complexity index is 638. The fourth-order valence-corrected chi connectivity index (χ4v) is 2.42. The smallest absolute Gasteiger partial charge is 0.251 e. The highest BCUT2D eigenvalue weighted by atomic mass is 32.1. The van der Waals surface area contributed by atoms with Crippen LogP contribution in [-0.4, -0.2) is 29.9 Å². The van der Waals surface area contributed by atoms with Crippen molar-refractivity contribution < 1.29 is 9.59 Å². The molecule has 0 bridgehead atoms. The van der Waals surface area contributed by atoms with Crippen molar-refractivity contribution in [3.8, 4) is 0 Å². The SMILES string of the molecule is CNC(=O)C(C)NC(=O)c1ccc2nc(N)sc2c1. The molecule has 0 aliphatic rings. The molecule has 6 nitrogen and oxygen atoms in total. The molecule has 1 aromatic heterocycles. The van der Waals surface area contributed by atoms with Crippen LogP contribution in [0.4, 0.5) is 5.13 Å². The van der Waals surface area contributed by atoms with Crippen LogP contribution in [0, 0.1) is 0 Å². The molecule has 100 valence electrons. The highest BCUT2D eigenvalue weighted by molar-refractivity contribution is 7.22. The highest BCUT2D eigenvalue weighted by Gasteiger charge is 2.15. The molecule has 0 saturated heterocycles. The zero-order chi connectivity index (χ0) is 14.0. The van der Waals surface area contributed by atoms with Gasteiger partial charge in [-0.3, -0.25) is 9.59 Å². The summed E-state index contributed by atoms with van der Waals surface area (Å²) in [5, 5.41) is 5.56. The van der Waals surface area contributed by atoms with E-state index in [0.717, 1.165) is 10.2 Å². The summed E-state index contributed by atoms with van der Waals surface area (Å²) in [5.74, 6) is -0.540. The monoisotopic (exact) mass is 278 g/mol. The van der Waals surface area contributed by atoms with E-state index in [1.807, 2.05) is 0 Å². The van der Waals surface area contributed by atoms with Crippen molar-refractivity contribution in [3.63, 3.8) is 0 Å². The first-order chi connectivity index (χ1) is 9.01. The number of nitrogens with one attached hydrogen (secondary N) is 2. The van der Waals surface area contributed by atoms with Crippen molar-refractivity contribution in [3.05, 3.63) is 23.8 Å². The molecule has 1 aromatic carbocycles. The minimum absolute atomic E-state index is 0.239. The summed E-state index contributed by atoms with van der Waals surface area (Å²) in [6, 6.07) is 4.53. The van der Waals surface area contributed by atoms with Crippen LogP contribution in [-0.2, 0) is 4.79 Å². The van der Waals surface area contributed by atoms with Crippen LogP contribution in [0.3, 0.4) is 0 Å². The van der Waals surface area contributed by atoms with E-state index in [-0.39, 0.29) is 11.8 Å². The number of nitrogens with zero attached hydrogens (tertiary/aromatic N) is 1. The van der Waals surface area contributed by atoms with Gasteiger partial charge in [0, 0.05) is 12.6 Å². The van der Waals surface area contributed by atoms with Crippen molar-refractivity contribution in [2.24, 2.45) is 0 Å². The lowest BCUT2D eigenvalue weighted by atomic mass is 10.2. The third-order valence-corrected chi connectivity index (χ3v) is 3.50. The van der Waals surface area contributed by atoms with Gasteiger partial charge in [-0.1, -0.05) is 11.3 Å². The lowest BCUT2D eigenvalue weighted by molar-refractivity contribution is -0.122. The summed E-state index contributed by atoms with van der Waals surface area (Å²) in [7, 11) is 1.52. The third-order valence-electron chi connectivity index (χ3n) is 2.65. The molecule has 4 N–H and O–H groups in total. The summed E-state index contributed by atoms with van der Waals surface area (Å²) in [5.41, 5.74) is 6.85. The van der Waals surface area contributed by atoms with Crippen LogP contribution in [0.25, 0.3) is 10.2 Å². The van der Waals surface area contributed by atoms with Gasteiger partial charge in [-0.15, -0.1) is 0 Å². The maximum absolute atomic E-state index is 12.0. The molecule has 1 atom stereocenters. The molecule has 1 heterocycles. The number of carbonyl (C=O) groups excluding carboxylic acids is 2. The Kier molecular flexibility index (Phi) is 3.66. The molecule has 2 rings (SSSR count). The van der Waals surface area contributed by atoms with Gasteiger partial charge < -0.3 is 16.4 Å². The molecule has 0 aliphatic carbocycles. The van der Waals surface area contributed by atoms with Gasteiger partial charge in [-0.05, 0) is 25.1 Å². The molecule has 1 unspecified atom stereocenters. The summed E-state index contributed by atoms with van der Waals surface area (Å²) < 4.78 is 0.845. The number of nitrogen functional groups attached to an aromatic ring is 1. The van der Waals surface area contributed by atoms with Gasteiger partial charge in [0.2, 0.25) is 5.91 Å². The van der Waals surface area contributed by atoms with E-state index in [2.05, 4.69) is 15.6 Å². The van der Waals surface area contributed by atoms with Crippen LogP contribution in [0.2, 0.25) is 0 Å². The number of aromatic nitrogens is 1. The van der Waals surface area contributed by atoms with E-state index < -0.39 is 6.04 Å². The van der Waals surface area contributed by atoms with Crippen molar-refractivity contribution in [1.82, 2.24) is 15.6 Å². The number of amides is 2. The Morgan fingerprint density at radius 1 is 1.42 bits per heavy atom. The number of hydrogen-bond acceptors (Lipinski definition) is 5. The second kappa shape index (κ2) is 5.23. The van der Waals surface area contributed by atoms with Crippen molar-refractivity contribution in [1.29, 1.82) is 0 Å². The van der Waals surface area contributed by atoms with E-state index in [4.69, 9.17) is 5.73 Å². The van der Waals surface area contributed by atoms with Gasteiger partial charge in [0.1, 0.15) is 6.04 Å². The largest absolute Gasteiger partial charge is 0.375 e. The standard InChI is InChI=1S/C12H14N4O2S/c1-6(10(17)14-2)15-11(18)7-3-4-8-9(5-7)19-12(13)16-8/h3-6H,1-2H3,(H2,13,16)(H,14,17)(H,15,18). The molecule has 19 heavy (non-hydrogen) atoms. The quantitative estimate of drug-likeness (QED) is 0.771. The minimum atomic E-state index is -0.584. The Hall–Kier alpha value is -2.15. The van der Waals surface area contributed by atoms with Crippen LogP contribution >= 0.6 is 11.3 Å². The number of nitrogens with two attached hydrogens (primary N) is 1. The lowest BCUT2D eigenvalue weighted by Crippen LogP contribution is -2.43. The molecule has 2 amide bonds. The molecular weight excluding hydrogens is 264 g/mol. The number of likely N-dealkylation sites (N-methyl/N-ethyl adjacent to an activating group) is 1. The number of benzene rings is 1. The number of carbonyl (C=O) groups is 2. The number of rotatable bonds is 3. The zero-order valence-electron chi connectivity index (χ0n) is 10.6. The van der Waals surface area contributed by atoms with Crippen molar-refractivity contribution >= 4 is 38.5 Å². The maximum Gasteiger partial charge on any atom is 0.251 e. The molecule has 0 aliphatic heterocycles. The number of thiazole rings is 1. The second-order valence-electron chi connectivity index (χ2n) is 4.04. The third kappa shape index (κ3) is 2.82. The normalized spacial score (nSPS) is 12.1. The number of fused-ring (bicyclic) bond motifs is 1. The molecule has 7 heteroatoms. The van der Waals surface area contributed by atoms with Crippen LogP contribution < -0.4 is 16.4 Å². The van der Waals surface area contributed by atoms with Gasteiger partial charge in [-0.25, -0.2) is 4.98 Å². The molecule has 2 aromatic rings. The summed E-state index contributed by atoms with van der Waals surface area (Å²) in [4.78, 5) is 27.4. The Labute approximate surface area is 114 Å². The molecule has 0 fully saturated rings. The van der Waals surface area contributed by atoms with Crippen LogP contribution in [0.15, 0.2) is 18.2 Å². The minimum Gasteiger partial charge on any atom is -0.375 e. The van der Waals surface area contributed by atoms with Crippen LogP contribution in [0.5, 0.6) is 0 Å². The average Bonchev–Trinajstić information content (AvgIpc) is 2.76. The van der Waals surface area contributed by atoms with E-state index in [9.17, 15) is 9.59 Å². The van der Waals surface area contributed by atoms with Gasteiger partial charge in [0.05, 0.1) is 10.2 Å². The Morgan fingerprint density at radius 3 is 2.84 bits per heavy atom. The van der Waals surface area contributed by atoms with E-state index in [1.54, 1.807) is 25.1 Å². The second-order valence-corrected chi connectivity index (χ2v) is 5.11. The fraction of sp³-hybridized carbons (Fsp3) is 0.250. The molecule has 0 radical (unpaired) electrons. The Morgan fingerprint density at radius 2 is 2.16 bits per heavy atom. The first-order valence-electron chi connectivity index (χ1n) is 5.70. The Balaban J connectivity index is 2.19. The number of hydrogen-bond donors (Lipinski definition) is 3. The predicted octanol–water partition coefficient (Wildman–Crippen LogP) is 0.743. The number of anilines is 1. The van der Waals surface area contributed by atoms with Gasteiger partial charge in [0.25, 0.3) is 5.91 Å². The van der Waals surface area contributed by atoms with Crippen LogP contribution in [0.1, 0.15) is 17.3 Å². The van der Waals surface area contributed by atoms with Gasteiger partial charge >= 0.3 is 0 Å². The summed E-state index contributed by atoms with van der Waals surface area (Å²) in [6.45, 7) is 1.62. The first-order valence-corrected chi connectivity index (χ1v) is 6.51. The molecule has 0 spiro atoms. The van der Waals surface area contributed by atoms with Gasteiger partial charge in [0.15, 0.2) is 5.13 Å². The van der Waals surface area contributed by atoms with Gasteiger partial charge in [-0.2, -0.15) is 0 Å². The lowest BCUT2D eigenvalue weighted by Gasteiger charge is -2.12. The topological polar surface area (TPSA) is 97.1 Å². The fourth-order valence-electron chi connectivity index (χ4n) is 1.65. The maximum atomic E-state index is 12.0. The summed E-state index contributed by atoms with van der Waals surface area (Å²) >= 11 is 1.32. The first kappa shape index (κ1) is 13.3. The van der Waals surface area contributed by atoms with Crippen molar-refractivity contribution in [2.45, 2.75) is 13.0 Å². The van der Waals surface area contributed by atoms with E-state index in [1.165, 1.54) is 18.4 Å². The molecule has 0 saturated carbocycles. The van der Waals surface area contributed by atoms with Crippen molar-refractivity contribution in [2.75, 3.05) is 12.8 Å². The highest BCUT2D eigenvalue weighted by Crippen LogP contribution is 2.24. The average molecular weight is 278 g/mol.